The molecule has 1 aliphatic heterocycles. The number of nitrogens with zero attached hydrogens (tertiary/aromatic N) is 1. The van der Waals surface area contributed by atoms with Crippen LogP contribution in [0.15, 0.2) is 54.6 Å². The van der Waals surface area contributed by atoms with E-state index >= 15 is 0 Å². The summed E-state index contributed by atoms with van der Waals surface area (Å²) in [6.45, 7) is 1.36. The highest BCUT2D eigenvalue weighted by molar-refractivity contribution is 5.94. The van der Waals surface area contributed by atoms with Gasteiger partial charge in [0.15, 0.2) is 0 Å². The quantitative estimate of drug-likeness (QED) is 0.389. The van der Waals surface area contributed by atoms with Crippen LogP contribution in [0, 0.1) is 5.92 Å². The van der Waals surface area contributed by atoms with Crippen molar-refractivity contribution in [1.29, 1.82) is 0 Å². The third kappa shape index (κ3) is 7.23. The summed E-state index contributed by atoms with van der Waals surface area (Å²) in [7, 11) is 0. The van der Waals surface area contributed by atoms with Gasteiger partial charge >= 0.3 is 0 Å². The molecule has 9 nitrogen and oxygen atoms in total. The van der Waals surface area contributed by atoms with Gasteiger partial charge in [0.1, 0.15) is 18.1 Å². The second kappa shape index (κ2) is 12.9. The number of likely N-dealkylation sites (tertiary alicyclic amines) is 1. The zero-order valence-electron chi connectivity index (χ0n) is 22.3. The molecule has 1 saturated heterocycles. The topological polar surface area (TPSA) is 142 Å². The van der Waals surface area contributed by atoms with Gasteiger partial charge in [0, 0.05) is 26.3 Å². The molecule has 2 aromatic carbocycles. The zero-order valence-corrected chi connectivity index (χ0v) is 22.3. The third-order valence-electron chi connectivity index (χ3n) is 7.77. The Morgan fingerprint density at radius 2 is 1.59 bits per heavy atom. The Morgan fingerprint density at radius 1 is 0.949 bits per heavy atom. The fourth-order valence-corrected chi connectivity index (χ4v) is 5.74. The first-order valence-electron chi connectivity index (χ1n) is 13.7. The molecule has 2 aliphatic rings. The molecule has 0 spiro atoms. The first kappa shape index (κ1) is 28.3. The predicted octanol–water partition coefficient (Wildman–Crippen LogP) is 1.91. The fraction of sp³-hybridized carbons (Fsp3) is 0.467. The lowest BCUT2D eigenvalue weighted by Crippen LogP contribution is -2.57. The number of primary amides is 1. The number of benzene rings is 2. The van der Waals surface area contributed by atoms with Crippen LogP contribution in [0.3, 0.4) is 0 Å². The zero-order chi connectivity index (χ0) is 27.9. The molecule has 208 valence electrons. The fourth-order valence-electron chi connectivity index (χ4n) is 5.74. The average Bonchev–Trinajstić information content (AvgIpc) is 3.34. The van der Waals surface area contributed by atoms with Crippen molar-refractivity contribution in [1.82, 2.24) is 15.5 Å². The van der Waals surface area contributed by atoms with Crippen molar-refractivity contribution in [3.8, 4) is 11.1 Å². The lowest BCUT2D eigenvalue weighted by Gasteiger charge is -2.34. The van der Waals surface area contributed by atoms with E-state index in [2.05, 4.69) is 10.6 Å². The summed E-state index contributed by atoms with van der Waals surface area (Å²) < 4.78 is 0. The molecular formula is C30H38N4O5. The van der Waals surface area contributed by atoms with Crippen LogP contribution in [0.4, 0.5) is 0 Å². The van der Waals surface area contributed by atoms with E-state index in [1.165, 1.54) is 11.8 Å². The van der Waals surface area contributed by atoms with E-state index in [9.17, 15) is 24.3 Å². The van der Waals surface area contributed by atoms with Crippen LogP contribution < -0.4 is 16.4 Å². The molecule has 2 aromatic rings. The van der Waals surface area contributed by atoms with Crippen LogP contribution in [0.1, 0.15) is 51.0 Å². The maximum Gasteiger partial charge on any atom is 0.246 e. The van der Waals surface area contributed by atoms with Crippen molar-refractivity contribution in [2.24, 2.45) is 11.7 Å². The van der Waals surface area contributed by atoms with Crippen LogP contribution in [-0.4, -0.2) is 64.4 Å². The minimum absolute atomic E-state index is 0.0120. The first-order valence-corrected chi connectivity index (χ1v) is 13.7. The molecule has 1 heterocycles. The van der Waals surface area contributed by atoms with E-state index in [4.69, 9.17) is 5.73 Å². The Hall–Kier alpha value is -3.72. The molecule has 9 heteroatoms. The van der Waals surface area contributed by atoms with E-state index < -0.39 is 36.0 Å². The molecule has 0 radical (unpaired) electrons. The van der Waals surface area contributed by atoms with Crippen molar-refractivity contribution in [2.45, 2.75) is 76.1 Å². The van der Waals surface area contributed by atoms with Crippen molar-refractivity contribution >= 4 is 23.6 Å². The number of nitrogens with two attached hydrogens (primary N) is 1. The Balaban J connectivity index is 1.45. The van der Waals surface area contributed by atoms with Crippen molar-refractivity contribution < 1.29 is 24.3 Å². The number of hydrogen-bond acceptors (Lipinski definition) is 5. The second-order valence-corrected chi connectivity index (χ2v) is 10.7. The number of nitrogens with one attached hydrogen (secondary N) is 2. The molecule has 1 aliphatic carbocycles. The summed E-state index contributed by atoms with van der Waals surface area (Å²) >= 11 is 0. The molecule has 0 aromatic heterocycles. The number of β-amino-alcohol motifs (C(OH)–C–C–N with tert-alkyl or cyclic N) is 1. The van der Waals surface area contributed by atoms with E-state index in [0.29, 0.717) is 0 Å². The number of aliphatic hydroxyl groups excluding tert-OH is 1. The smallest absolute Gasteiger partial charge is 0.246 e. The molecule has 2 fully saturated rings. The largest absolute Gasteiger partial charge is 0.391 e. The summed E-state index contributed by atoms with van der Waals surface area (Å²) in [4.78, 5) is 52.6. The Morgan fingerprint density at radius 3 is 2.21 bits per heavy atom. The summed E-state index contributed by atoms with van der Waals surface area (Å²) in [6.07, 6.45) is 4.04. The van der Waals surface area contributed by atoms with E-state index in [0.717, 1.165) is 48.8 Å². The van der Waals surface area contributed by atoms with Gasteiger partial charge in [0.05, 0.1) is 6.10 Å². The molecule has 4 atom stereocenters. The number of carbonyl (C=O) groups is 4. The molecule has 0 bridgehead atoms. The Bertz CT molecular complexity index is 1160. The van der Waals surface area contributed by atoms with Crippen molar-refractivity contribution in [3.05, 3.63) is 60.2 Å². The van der Waals surface area contributed by atoms with E-state index in [-0.39, 0.29) is 37.1 Å². The SMILES string of the molecule is CC(=O)N[C@H](C(=O)N1C[C@H](O)C[C@H]1C(=O)N[C@H](Cc1ccc(-c2ccccc2)cc1)C(N)=O)C1CCCCC1. The number of hydrogen-bond donors (Lipinski definition) is 4. The van der Waals surface area contributed by atoms with Gasteiger partial charge in [-0.1, -0.05) is 73.9 Å². The molecule has 1 saturated carbocycles. The molecule has 4 rings (SSSR count). The number of amides is 4. The highest BCUT2D eigenvalue weighted by atomic mass is 16.3. The number of rotatable bonds is 9. The summed E-state index contributed by atoms with van der Waals surface area (Å²) in [5.74, 6) is -1.94. The van der Waals surface area contributed by atoms with Gasteiger partial charge in [0.25, 0.3) is 0 Å². The van der Waals surface area contributed by atoms with Gasteiger partial charge in [-0.25, -0.2) is 0 Å². The van der Waals surface area contributed by atoms with Crippen LogP contribution in [0.2, 0.25) is 0 Å². The standard InChI is InChI=1S/C30H38N4O5/c1-19(35)32-27(23-10-6-3-7-11-23)30(39)34-18-24(36)17-26(34)29(38)33-25(28(31)37)16-20-12-14-22(15-13-20)21-8-4-2-5-9-21/h2,4-5,8-9,12-15,23-27,36H,3,6-7,10-11,16-18H2,1H3,(H2,31,37)(H,32,35)(H,33,38)/t24-,25-,26+,27+/m1/s1. The van der Waals surface area contributed by atoms with Crippen LogP contribution in [0.5, 0.6) is 0 Å². The third-order valence-corrected chi connectivity index (χ3v) is 7.77. The monoisotopic (exact) mass is 534 g/mol. The van der Waals surface area contributed by atoms with Gasteiger partial charge in [-0.3, -0.25) is 19.2 Å². The maximum absolute atomic E-state index is 13.6. The average molecular weight is 535 g/mol. The molecule has 0 unspecified atom stereocenters. The molecule has 4 amide bonds. The normalized spacial score (nSPS) is 21.1. The molecular weight excluding hydrogens is 496 g/mol. The summed E-state index contributed by atoms with van der Waals surface area (Å²) in [5, 5.41) is 15.9. The predicted molar refractivity (Wildman–Crippen MR) is 147 cm³/mol. The van der Waals surface area contributed by atoms with Crippen LogP contribution >= 0.6 is 0 Å². The summed E-state index contributed by atoms with van der Waals surface area (Å²) in [5.41, 5.74) is 8.56. The van der Waals surface area contributed by atoms with Crippen LogP contribution in [0.25, 0.3) is 11.1 Å². The first-order chi connectivity index (χ1) is 18.7. The van der Waals surface area contributed by atoms with E-state index in [1.54, 1.807) is 0 Å². The minimum Gasteiger partial charge on any atom is -0.391 e. The number of aliphatic hydroxyl groups is 1. The lowest BCUT2D eigenvalue weighted by molar-refractivity contribution is -0.143. The second-order valence-electron chi connectivity index (χ2n) is 10.7. The van der Waals surface area contributed by atoms with Gasteiger partial charge in [-0.15, -0.1) is 0 Å². The highest BCUT2D eigenvalue weighted by Gasteiger charge is 2.44. The van der Waals surface area contributed by atoms with Gasteiger partial charge in [-0.2, -0.15) is 0 Å². The number of carbonyl (C=O) groups excluding carboxylic acids is 4. The Kier molecular flexibility index (Phi) is 9.35. The molecule has 39 heavy (non-hydrogen) atoms. The minimum atomic E-state index is -0.987. The maximum atomic E-state index is 13.6. The molecule has 5 N–H and O–H groups in total. The summed E-state index contributed by atoms with van der Waals surface area (Å²) in [6, 6.07) is 14.9. The Labute approximate surface area is 229 Å². The van der Waals surface area contributed by atoms with Gasteiger partial charge in [-0.05, 0) is 35.4 Å². The highest BCUT2D eigenvalue weighted by Crippen LogP contribution is 2.29. The van der Waals surface area contributed by atoms with Gasteiger partial charge < -0.3 is 26.4 Å². The van der Waals surface area contributed by atoms with Gasteiger partial charge in [0.2, 0.25) is 23.6 Å². The van der Waals surface area contributed by atoms with E-state index in [1.807, 2.05) is 54.6 Å². The van der Waals surface area contributed by atoms with Crippen LogP contribution in [-0.2, 0) is 25.6 Å². The lowest BCUT2D eigenvalue weighted by atomic mass is 9.83. The van der Waals surface area contributed by atoms with Crippen molar-refractivity contribution in [3.63, 3.8) is 0 Å². The van der Waals surface area contributed by atoms with Crippen molar-refractivity contribution in [2.75, 3.05) is 6.54 Å².